The Morgan fingerprint density at radius 1 is 1.50 bits per heavy atom. The second-order valence-electron chi connectivity index (χ2n) is 4.25. The summed E-state index contributed by atoms with van der Waals surface area (Å²) in [5, 5.41) is 3.11. The molecule has 0 aliphatic heterocycles. The van der Waals surface area contributed by atoms with Gasteiger partial charge >= 0.3 is 0 Å². The molecule has 2 N–H and O–H groups in total. The van der Waals surface area contributed by atoms with E-state index in [2.05, 4.69) is 15.3 Å². The molecule has 2 rings (SSSR count). The van der Waals surface area contributed by atoms with Crippen LogP contribution < -0.4 is 10.9 Å². The molecule has 0 saturated heterocycles. The lowest BCUT2D eigenvalue weighted by Crippen LogP contribution is -2.23. The van der Waals surface area contributed by atoms with E-state index in [1.807, 2.05) is 0 Å². The fourth-order valence-corrected chi connectivity index (χ4v) is 2.70. The summed E-state index contributed by atoms with van der Waals surface area (Å²) in [6, 6.07) is 0. The zero-order valence-electron chi connectivity index (χ0n) is 9.08. The number of hydrogen-bond donors (Lipinski definition) is 2. The normalized spacial score (nSPS) is 24.6. The maximum Gasteiger partial charge on any atom is 0.290 e. The Bertz CT molecular complexity index is 393. The number of nitrogens with zero attached hydrogens (tertiary/aromatic N) is 1. The highest BCUT2D eigenvalue weighted by molar-refractivity contribution is 6.18. The molecule has 0 spiro atoms. The number of aromatic amines is 1. The van der Waals surface area contributed by atoms with Gasteiger partial charge in [0.05, 0.1) is 0 Å². The third-order valence-corrected chi connectivity index (χ3v) is 3.65. The van der Waals surface area contributed by atoms with Crippen molar-refractivity contribution in [1.29, 1.82) is 0 Å². The summed E-state index contributed by atoms with van der Waals surface area (Å²) in [5.41, 5.74) is -0.164. The Hall–Kier alpha value is -1.03. The highest BCUT2D eigenvalue weighted by atomic mass is 35.5. The summed E-state index contributed by atoms with van der Waals surface area (Å²) < 4.78 is 0. The molecular weight excluding hydrogens is 226 g/mol. The molecule has 0 bridgehead atoms. The lowest BCUT2D eigenvalue weighted by Gasteiger charge is -2.17. The van der Waals surface area contributed by atoms with Crippen LogP contribution in [0.2, 0.25) is 0 Å². The highest BCUT2D eigenvalue weighted by Gasteiger charge is 2.26. The Kier molecular flexibility index (Phi) is 3.83. The van der Waals surface area contributed by atoms with E-state index in [9.17, 15) is 4.79 Å². The molecule has 1 aliphatic rings. The van der Waals surface area contributed by atoms with Crippen molar-refractivity contribution >= 4 is 17.4 Å². The van der Waals surface area contributed by atoms with Crippen LogP contribution in [0.5, 0.6) is 0 Å². The molecule has 4 nitrogen and oxygen atoms in total. The summed E-state index contributed by atoms with van der Waals surface area (Å²) in [4.78, 5) is 18.0. The van der Waals surface area contributed by atoms with Crippen LogP contribution in [0.3, 0.4) is 0 Å². The molecule has 0 aromatic carbocycles. The monoisotopic (exact) mass is 241 g/mol. The van der Waals surface area contributed by atoms with Crippen molar-refractivity contribution in [2.75, 3.05) is 17.7 Å². The number of rotatable bonds is 4. The zero-order chi connectivity index (χ0) is 11.4. The van der Waals surface area contributed by atoms with Crippen LogP contribution in [0.4, 0.5) is 5.82 Å². The average molecular weight is 242 g/mol. The summed E-state index contributed by atoms with van der Waals surface area (Å²) in [6.45, 7) is 0.789. The first kappa shape index (κ1) is 11.5. The summed E-state index contributed by atoms with van der Waals surface area (Å²) in [5.74, 6) is 2.27. The first-order chi connectivity index (χ1) is 7.81. The van der Waals surface area contributed by atoms with Crippen LogP contribution >= 0.6 is 11.6 Å². The fraction of sp³-hybridized carbons (Fsp3) is 0.636. The molecule has 1 fully saturated rings. The third-order valence-electron chi connectivity index (χ3n) is 3.25. The van der Waals surface area contributed by atoms with E-state index in [-0.39, 0.29) is 5.56 Å². The maximum absolute atomic E-state index is 11.4. The summed E-state index contributed by atoms with van der Waals surface area (Å²) in [6.07, 6.45) is 6.74. The summed E-state index contributed by atoms with van der Waals surface area (Å²) in [7, 11) is 0. The number of alkyl halides is 1. The SMILES string of the molecule is O=c1[nH]ccnc1NCC1CCCC1CCl. The van der Waals surface area contributed by atoms with E-state index < -0.39 is 0 Å². The van der Waals surface area contributed by atoms with E-state index in [4.69, 9.17) is 11.6 Å². The lowest BCUT2D eigenvalue weighted by atomic mass is 9.98. The van der Waals surface area contributed by atoms with Gasteiger partial charge in [-0.3, -0.25) is 4.79 Å². The van der Waals surface area contributed by atoms with Crippen molar-refractivity contribution in [2.45, 2.75) is 19.3 Å². The van der Waals surface area contributed by atoms with Crippen molar-refractivity contribution in [3.63, 3.8) is 0 Å². The van der Waals surface area contributed by atoms with Crippen molar-refractivity contribution in [3.8, 4) is 0 Å². The van der Waals surface area contributed by atoms with Gasteiger partial charge in [0.2, 0.25) is 0 Å². The minimum Gasteiger partial charge on any atom is -0.365 e. The Labute approximate surface area is 99.4 Å². The van der Waals surface area contributed by atoms with E-state index in [1.165, 1.54) is 25.5 Å². The molecule has 1 aliphatic carbocycles. The van der Waals surface area contributed by atoms with Crippen LogP contribution in [0.15, 0.2) is 17.2 Å². The molecule has 5 heteroatoms. The van der Waals surface area contributed by atoms with Crippen molar-refractivity contribution in [3.05, 3.63) is 22.7 Å². The van der Waals surface area contributed by atoms with Crippen molar-refractivity contribution < 1.29 is 0 Å². The smallest absolute Gasteiger partial charge is 0.290 e. The topological polar surface area (TPSA) is 57.8 Å². The van der Waals surface area contributed by atoms with Crippen LogP contribution in [-0.4, -0.2) is 22.4 Å². The van der Waals surface area contributed by atoms with Crippen LogP contribution in [-0.2, 0) is 0 Å². The molecular formula is C11H16ClN3O. The molecule has 16 heavy (non-hydrogen) atoms. The Balaban J connectivity index is 1.92. The zero-order valence-corrected chi connectivity index (χ0v) is 9.83. The van der Waals surface area contributed by atoms with Gasteiger partial charge in [0.15, 0.2) is 5.82 Å². The predicted molar refractivity (Wildman–Crippen MR) is 64.9 cm³/mol. The molecule has 0 radical (unpaired) electrons. The molecule has 2 atom stereocenters. The number of anilines is 1. The van der Waals surface area contributed by atoms with Crippen molar-refractivity contribution in [2.24, 2.45) is 11.8 Å². The van der Waals surface area contributed by atoms with Gasteiger partial charge in [0.1, 0.15) is 0 Å². The fourth-order valence-electron chi connectivity index (χ4n) is 2.29. The van der Waals surface area contributed by atoms with Gasteiger partial charge in [-0.2, -0.15) is 0 Å². The number of halogens is 1. The van der Waals surface area contributed by atoms with Gasteiger partial charge in [-0.1, -0.05) is 6.42 Å². The standard InChI is InChI=1S/C11H16ClN3O/c12-6-8-2-1-3-9(8)7-15-10-11(16)14-5-4-13-10/h4-5,8-9H,1-3,6-7H2,(H,13,15)(H,14,16). The van der Waals surface area contributed by atoms with Gasteiger partial charge < -0.3 is 10.3 Å². The Morgan fingerprint density at radius 3 is 3.06 bits per heavy atom. The minimum atomic E-state index is -0.164. The molecule has 1 aromatic heterocycles. The molecule has 88 valence electrons. The van der Waals surface area contributed by atoms with E-state index >= 15 is 0 Å². The number of H-pyrrole nitrogens is 1. The number of aromatic nitrogens is 2. The number of hydrogen-bond acceptors (Lipinski definition) is 3. The second-order valence-corrected chi connectivity index (χ2v) is 4.56. The first-order valence-corrected chi connectivity index (χ1v) is 6.18. The first-order valence-electron chi connectivity index (χ1n) is 5.65. The third kappa shape index (κ3) is 2.55. The maximum atomic E-state index is 11.4. The van der Waals surface area contributed by atoms with Crippen molar-refractivity contribution in [1.82, 2.24) is 9.97 Å². The predicted octanol–water partition coefficient (Wildman–Crippen LogP) is 1.84. The molecule has 1 heterocycles. The highest BCUT2D eigenvalue weighted by Crippen LogP contribution is 2.32. The largest absolute Gasteiger partial charge is 0.365 e. The molecule has 0 amide bonds. The molecule has 2 unspecified atom stereocenters. The van der Waals surface area contributed by atoms with Gasteiger partial charge in [0.25, 0.3) is 5.56 Å². The quantitative estimate of drug-likeness (QED) is 0.791. The van der Waals surface area contributed by atoms with Gasteiger partial charge in [-0.15, -0.1) is 11.6 Å². The van der Waals surface area contributed by atoms with E-state index in [0.717, 1.165) is 6.54 Å². The van der Waals surface area contributed by atoms with Gasteiger partial charge in [-0.05, 0) is 24.7 Å². The molecule has 1 saturated carbocycles. The number of nitrogens with one attached hydrogen (secondary N) is 2. The second kappa shape index (κ2) is 5.34. The van der Waals surface area contributed by atoms with Gasteiger partial charge in [0, 0.05) is 24.8 Å². The lowest BCUT2D eigenvalue weighted by molar-refractivity contribution is 0.444. The van der Waals surface area contributed by atoms with Gasteiger partial charge in [-0.25, -0.2) is 4.98 Å². The average Bonchev–Trinajstić information content (AvgIpc) is 2.75. The van der Waals surface area contributed by atoms with Crippen LogP contribution in [0.25, 0.3) is 0 Å². The van der Waals surface area contributed by atoms with E-state index in [0.29, 0.717) is 23.5 Å². The molecule has 1 aromatic rings. The van der Waals surface area contributed by atoms with Crippen LogP contribution in [0, 0.1) is 11.8 Å². The summed E-state index contributed by atoms with van der Waals surface area (Å²) >= 11 is 5.90. The van der Waals surface area contributed by atoms with E-state index in [1.54, 1.807) is 6.20 Å². The van der Waals surface area contributed by atoms with Crippen LogP contribution in [0.1, 0.15) is 19.3 Å². The Morgan fingerprint density at radius 2 is 2.31 bits per heavy atom. The minimum absolute atomic E-state index is 0.164.